The van der Waals surface area contributed by atoms with Gasteiger partial charge in [0, 0.05) is 4.88 Å². The maximum Gasteiger partial charge on any atom is 0.309 e. The Hall–Kier alpha value is -2.41. The van der Waals surface area contributed by atoms with Crippen LogP contribution in [-0.4, -0.2) is 30.1 Å². The molecule has 7 heteroatoms. The van der Waals surface area contributed by atoms with Gasteiger partial charge in [-0.15, -0.1) is 11.3 Å². The van der Waals surface area contributed by atoms with Gasteiger partial charge in [0.05, 0.1) is 18.2 Å². The summed E-state index contributed by atoms with van der Waals surface area (Å²) in [6, 6.07) is 4.03. The second-order valence-corrected chi connectivity index (χ2v) is 8.15. The Morgan fingerprint density at radius 3 is 2.75 bits per heavy atom. The summed E-state index contributed by atoms with van der Waals surface area (Å²) in [5.41, 5.74) is 4.14. The Bertz CT molecular complexity index is 891. The van der Waals surface area contributed by atoms with Crippen molar-refractivity contribution >= 4 is 28.3 Å². The molecule has 1 aliphatic rings. The first kappa shape index (κ1) is 20.3. The summed E-state index contributed by atoms with van der Waals surface area (Å²) in [6.07, 6.45) is 2.08. The summed E-state index contributed by atoms with van der Waals surface area (Å²) in [5.74, 6) is 0.246. The topological polar surface area (TPSA) is 77.5 Å². The SMILES string of the molecule is CCOC(=O)C1CCc2nc(NC(=O)COc3c(C)ccc(C)c3C)sc2C1. The van der Waals surface area contributed by atoms with E-state index in [9.17, 15) is 9.59 Å². The van der Waals surface area contributed by atoms with Crippen LogP contribution < -0.4 is 10.1 Å². The zero-order valence-corrected chi connectivity index (χ0v) is 17.6. The first-order valence-electron chi connectivity index (χ1n) is 9.53. The number of benzene rings is 1. The fourth-order valence-corrected chi connectivity index (χ4v) is 4.43. The zero-order valence-electron chi connectivity index (χ0n) is 16.8. The quantitative estimate of drug-likeness (QED) is 0.745. The van der Waals surface area contributed by atoms with E-state index in [0.29, 0.717) is 18.2 Å². The number of hydrogen-bond donors (Lipinski definition) is 1. The summed E-state index contributed by atoms with van der Waals surface area (Å²) in [7, 11) is 0. The van der Waals surface area contributed by atoms with E-state index in [4.69, 9.17) is 9.47 Å². The molecule has 1 aliphatic carbocycles. The van der Waals surface area contributed by atoms with Crippen molar-refractivity contribution in [3.8, 4) is 5.75 Å². The lowest BCUT2D eigenvalue weighted by molar-refractivity contribution is -0.148. The van der Waals surface area contributed by atoms with Crippen LogP contribution in [0.15, 0.2) is 12.1 Å². The zero-order chi connectivity index (χ0) is 20.3. The van der Waals surface area contributed by atoms with E-state index in [1.807, 2.05) is 39.8 Å². The van der Waals surface area contributed by atoms with Gasteiger partial charge in [-0.05, 0) is 63.6 Å². The van der Waals surface area contributed by atoms with E-state index in [2.05, 4.69) is 10.3 Å². The van der Waals surface area contributed by atoms with E-state index in [0.717, 1.165) is 45.9 Å². The minimum Gasteiger partial charge on any atom is -0.483 e. The number of nitrogens with one attached hydrogen (secondary N) is 1. The maximum atomic E-state index is 12.3. The number of aryl methyl sites for hydroxylation is 3. The largest absolute Gasteiger partial charge is 0.483 e. The molecule has 0 radical (unpaired) electrons. The average Bonchev–Trinajstić information content (AvgIpc) is 3.06. The minimum atomic E-state index is -0.242. The third-order valence-corrected chi connectivity index (χ3v) is 6.06. The third kappa shape index (κ3) is 4.52. The number of ether oxygens (including phenoxy) is 2. The maximum absolute atomic E-state index is 12.3. The van der Waals surface area contributed by atoms with E-state index < -0.39 is 0 Å². The van der Waals surface area contributed by atoms with E-state index >= 15 is 0 Å². The number of anilines is 1. The second-order valence-electron chi connectivity index (χ2n) is 7.07. The molecule has 150 valence electrons. The first-order valence-corrected chi connectivity index (χ1v) is 10.3. The van der Waals surface area contributed by atoms with Gasteiger partial charge in [0.1, 0.15) is 5.75 Å². The third-order valence-electron chi connectivity index (χ3n) is 5.03. The van der Waals surface area contributed by atoms with Crippen LogP contribution in [0.3, 0.4) is 0 Å². The van der Waals surface area contributed by atoms with Crippen LogP contribution >= 0.6 is 11.3 Å². The molecule has 0 fully saturated rings. The molecule has 1 aromatic carbocycles. The van der Waals surface area contributed by atoms with E-state index in [1.54, 1.807) is 0 Å². The second kappa shape index (κ2) is 8.73. The smallest absolute Gasteiger partial charge is 0.309 e. The molecule has 0 bridgehead atoms. The van der Waals surface area contributed by atoms with E-state index in [-0.39, 0.29) is 24.4 Å². The highest BCUT2D eigenvalue weighted by molar-refractivity contribution is 7.15. The predicted octanol–water partition coefficient (Wildman–Crippen LogP) is 3.75. The van der Waals surface area contributed by atoms with Crippen molar-refractivity contribution in [2.75, 3.05) is 18.5 Å². The van der Waals surface area contributed by atoms with Gasteiger partial charge in [0.25, 0.3) is 5.91 Å². The molecule has 1 amide bonds. The van der Waals surface area contributed by atoms with Crippen LogP contribution in [0.1, 0.15) is 40.6 Å². The Morgan fingerprint density at radius 1 is 1.25 bits per heavy atom. The summed E-state index contributed by atoms with van der Waals surface area (Å²) < 4.78 is 10.9. The van der Waals surface area contributed by atoms with Crippen LogP contribution in [0, 0.1) is 26.7 Å². The van der Waals surface area contributed by atoms with Crippen molar-refractivity contribution in [1.29, 1.82) is 0 Å². The van der Waals surface area contributed by atoms with Crippen LogP contribution in [-0.2, 0) is 27.2 Å². The molecule has 1 atom stereocenters. The summed E-state index contributed by atoms with van der Waals surface area (Å²) >= 11 is 1.43. The van der Waals surface area contributed by atoms with Crippen LogP contribution in [0.4, 0.5) is 5.13 Å². The lowest BCUT2D eigenvalue weighted by atomic mass is 9.91. The standard InChI is InChI=1S/C21H26N2O4S/c1-5-26-20(25)15-8-9-16-17(10-15)28-21(22-16)23-18(24)11-27-19-13(3)7-6-12(2)14(19)4/h6-7,15H,5,8-11H2,1-4H3,(H,22,23,24). The monoisotopic (exact) mass is 402 g/mol. The Labute approximate surface area is 169 Å². The molecule has 2 aromatic rings. The molecule has 1 N–H and O–H groups in total. The highest BCUT2D eigenvalue weighted by atomic mass is 32.1. The molecular formula is C21H26N2O4S. The Balaban J connectivity index is 1.59. The summed E-state index contributed by atoms with van der Waals surface area (Å²) in [6.45, 7) is 8.12. The van der Waals surface area contributed by atoms with Crippen LogP contribution in [0.2, 0.25) is 0 Å². The van der Waals surface area contributed by atoms with Gasteiger partial charge in [-0.1, -0.05) is 12.1 Å². The normalized spacial score (nSPS) is 15.6. The molecule has 0 aliphatic heterocycles. The van der Waals surface area contributed by atoms with Gasteiger partial charge in [-0.2, -0.15) is 0 Å². The molecule has 0 spiro atoms. The van der Waals surface area contributed by atoms with Gasteiger partial charge in [0.2, 0.25) is 0 Å². The summed E-state index contributed by atoms with van der Waals surface area (Å²) in [4.78, 5) is 29.8. The first-order chi connectivity index (χ1) is 13.4. The fraction of sp³-hybridized carbons (Fsp3) is 0.476. The average molecular weight is 403 g/mol. The number of carbonyl (C=O) groups excluding carboxylic acids is 2. The molecule has 6 nitrogen and oxygen atoms in total. The summed E-state index contributed by atoms with van der Waals surface area (Å²) in [5, 5.41) is 3.38. The number of rotatable bonds is 6. The number of esters is 1. The predicted molar refractivity (Wildman–Crippen MR) is 109 cm³/mol. The highest BCUT2D eigenvalue weighted by Crippen LogP contribution is 2.33. The number of amides is 1. The molecular weight excluding hydrogens is 376 g/mol. The van der Waals surface area contributed by atoms with Gasteiger partial charge in [0.15, 0.2) is 11.7 Å². The molecule has 28 heavy (non-hydrogen) atoms. The molecule has 0 saturated heterocycles. The molecule has 0 saturated carbocycles. The number of carbonyl (C=O) groups is 2. The number of aromatic nitrogens is 1. The molecule has 1 heterocycles. The molecule has 1 unspecified atom stereocenters. The highest BCUT2D eigenvalue weighted by Gasteiger charge is 2.28. The van der Waals surface area contributed by atoms with E-state index in [1.165, 1.54) is 11.3 Å². The molecule has 1 aromatic heterocycles. The Kier molecular flexibility index (Phi) is 6.34. The number of fused-ring (bicyclic) bond motifs is 1. The van der Waals surface area contributed by atoms with Crippen molar-refractivity contribution in [3.05, 3.63) is 39.4 Å². The Morgan fingerprint density at radius 2 is 2.00 bits per heavy atom. The number of hydrogen-bond acceptors (Lipinski definition) is 6. The van der Waals surface area contributed by atoms with Crippen molar-refractivity contribution < 1.29 is 19.1 Å². The van der Waals surface area contributed by atoms with Crippen molar-refractivity contribution in [2.45, 2.75) is 47.0 Å². The lowest BCUT2D eigenvalue weighted by Gasteiger charge is -2.18. The lowest BCUT2D eigenvalue weighted by Crippen LogP contribution is -2.24. The van der Waals surface area contributed by atoms with Gasteiger partial charge >= 0.3 is 5.97 Å². The number of nitrogens with zero attached hydrogens (tertiary/aromatic N) is 1. The fourth-order valence-electron chi connectivity index (χ4n) is 3.33. The minimum absolute atomic E-state index is 0.0686. The van der Waals surface area contributed by atoms with Gasteiger partial charge in [-0.25, -0.2) is 4.98 Å². The van der Waals surface area contributed by atoms with Crippen molar-refractivity contribution in [3.63, 3.8) is 0 Å². The van der Waals surface area contributed by atoms with Crippen LogP contribution in [0.25, 0.3) is 0 Å². The van der Waals surface area contributed by atoms with Crippen molar-refractivity contribution in [1.82, 2.24) is 4.98 Å². The van der Waals surface area contributed by atoms with Crippen LogP contribution in [0.5, 0.6) is 5.75 Å². The molecule has 3 rings (SSSR count). The number of thiazole rings is 1. The van der Waals surface area contributed by atoms with Gasteiger partial charge < -0.3 is 9.47 Å². The van der Waals surface area contributed by atoms with Gasteiger partial charge in [-0.3, -0.25) is 14.9 Å². The van der Waals surface area contributed by atoms with Crippen molar-refractivity contribution in [2.24, 2.45) is 5.92 Å².